The van der Waals surface area contributed by atoms with Gasteiger partial charge in [0, 0.05) is 12.1 Å². The van der Waals surface area contributed by atoms with E-state index in [0.717, 1.165) is 16.3 Å². The number of nitro groups is 1. The summed E-state index contributed by atoms with van der Waals surface area (Å²) in [5, 5.41) is 10.9. The van der Waals surface area contributed by atoms with Gasteiger partial charge in [-0.05, 0) is 30.2 Å². The van der Waals surface area contributed by atoms with Crippen molar-refractivity contribution in [3.8, 4) is 0 Å². The smallest absolute Gasteiger partial charge is 0.271 e. The maximum atomic E-state index is 11.7. The Labute approximate surface area is 129 Å². The number of anilines is 3. The van der Waals surface area contributed by atoms with Crippen LogP contribution in [0.15, 0.2) is 42.5 Å². The van der Waals surface area contributed by atoms with Crippen molar-refractivity contribution in [1.82, 2.24) is 0 Å². The summed E-state index contributed by atoms with van der Waals surface area (Å²) < 4.78 is 22.3. The fourth-order valence-corrected chi connectivity index (χ4v) is 2.63. The summed E-state index contributed by atoms with van der Waals surface area (Å²) in [4.78, 5) is 10.3. The molecule has 2 aromatic rings. The number of hydrogen-bond acceptors (Lipinski definition) is 4. The van der Waals surface area contributed by atoms with Crippen molar-refractivity contribution < 1.29 is 13.7 Å². The molecule has 1 atom stereocenters. The van der Waals surface area contributed by atoms with E-state index in [1.165, 1.54) is 18.2 Å². The highest BCUT2D eigenvalue weighted by Crippen LogP contribution is 2.34. The molecule has 0 amide bonds. The zero-order chi connectivity index (χ0) is 16.3. The summed E-state index contributed by atoms with van der Waals surface area (Å²) in [6, 6.07) is 10.8. The van der Waals surface area contributed by atoms with E-state index in [9.17, 15) is 18.9 Å². The number of nitrogen functional groups attached to an aromatic ring is 1. The lowest BCUT2D eigenvalue weighted by atomic mass is 10.1. The van der Waals surface area contributed by atoms with Crippen molar-refractivity contribution in [2.45, 2.75) is 13.3 Å². The van der Waals surface area contributed by atoms with Gasteiger partial charge in [-0.3, -0.25) is 14.7 Å². The van der Waals surface area contributed by atoms with Crippen molar-refractivity contribution in [2.24, 2.45) is 0 Å². The molecule has 0 radical (unpaired) electrons. The van der Waals surface area contributed by atoms with Gasteiger partial charge in [-0.15, -0.1) is 0 Å². The first-order valence-corrected chi connectivity index (χ1v) is 7.54. The maximum absolute atomic E-state index is 11.7. The van der Waals surface area contributed by atoms with Gasteiger partial charge < -0.3 is 5.73 Å². The Hall–Kier alpha value is -2.45. The first kappa shape index (κ1) is 15.9. The molecule has 0 bridgehead atoms. The lowest BCUT2D eigenvalue weighted by Crippen LogP contribution is -2.20. The second-order valence-electron chi connectivity index (χ2n) is 4.55. The molecule has 0 heterocycles. The predicted molar refractivity (Wildman–Crippen MR) is 86.2 cm³/mol. The van der Waals surface area contributed by atoms with Crippen LogP contribution in [0, 0.1) is 10.1 Å². The van der Waals surface area contributed by atoms with Crippen molar-refractivity contribution in [3.05, 3.63) is 58.1 Å². The molecule has 0 fully saturated rings. The molecule has 7 nitrogen and oxygen atoms in total. The first-order valence-electron chi connectivity index (χ1n) is 6.48. The normalized spacial score (nSPS) is 11.9. The second-order valence-corrected chi connectivity index (χ2v) is 5.37. The summed E-state index contributed by atoms with van der Waals surface area (Å²) in [6.45, 7) is 2.00. The molecule has 116 valence electrons. The lowest BCUT2D eigenvalue weighted by Gasteiger charge is -2.21. The highest BCUT2D eigenvalue weighted by Gasteiger charge is 2.20. The molecule has 0 aliphatic rings. The third-order valence-electron chi connectivity index (χ3n) is 3.18. The maximum Gasteiger partial charge on any atom is 0.271 e. The molecule has 8 heteroatoms. The van der Waals surface area contributed by atoms with Gasteiger partial charge in [0.05, 0.1) is 22.0 Å². The minimum Gasteiger partial charge on any atom is -0.397 e. The Morgan fingerprint density at radius 2 is 1.91 bits per heavy atom. The van der Waals surface area contributed by atoms with Crippen LogP contribution in [0.25, 0.3) is 0 Å². The molecule has 0 spiro atoms. The largest absolute Gasteiger partial charge is 0.397 e. The van der Waals surface area contributed by atoms with Gasteiger partial charge in [0.1, 0.15) is 0 Å². The Morgan fingerprint density at radius 1 is 1.27 bits per heavy atom. The highest BCUT2D eigenvalue weighted by atomic mass is 32.2. The second kappa shape index (κ2) is 6.54. The van der Waals surface area contributed by atoms with E-state index in [-0.39, 0.29) is 17.1 Å². The summed E-state index contributed by atoms with van der Waals surface area (Å²) in [5.41, 5.74) is 7.38. The number of aryl methyl sites for hydroxylation is 1. The topological polar surface area (TPSA) is 110 Å². The van der Waals surface area contributed by atoms with Gasteiger partial charge in [0.25, 0.3) is 17.0 Å². The molecule has 0 aliphatic heterocycles. The minimum atomic E-state index is -2.41. The number of nitrogens with two attached hydrogens (primary N) is 1. The molecule has 22 heavy (non-hydrogen) atoms. The fraction of sp³-hybridized carbons (Fsp3) is 0.143. The monoisotopic (exact) mass is 321 g/mol. The van der Waals surface area contributed by atoms with Crippen molar-refractivity contribution in [3.63, 3.8) is 0 Å². The zero-order valence-corrected chi connectivity index (χ0v) is 12.6. The van der Waals surface area contributed by atoms with E-state index in [1.54, 1.807) is 12.1 Å². The number of nitrogens with zero attached hydrogens (tertiary/aromatic N) is 2. The summed E-state index contributed by atoms with van der Waals surface area (Å²) in [5.74, 6) is 0. The SMILES string of the molecule is CCc1ccc(N(c2cc([N+](=O)[O-])ccc2N)S(=O)O)cc1. The van der Waals surface area contributed by atoms with Crippen LogP contribution >= 0.6 is 0 Å². The Bertz CT molecular complexity index is 719. The van der Waals surface area contributed by atoms with Crippen LogP contribution in [0.3, 0.4) is 0 Å². The van der Waals surface area contributed by atoms with E-state index >= 15 is 0 Å². The van der Waals surface area contributed by atoms with Crippen LogP contribution in [0.4, 0.5) is 22.7 Å². The fourth-order valence-electron chi connectivity index (χ4n) is 2.00. The van der Waals surface area contributed by atoms with E-state index < -0.39 is 16.2 Å². The summed E-state index contributed by atoms with van der Waals surface area (Å²) in [6.07, 6.45) is 0.835. The minimum absolute atomic E-state index is 0.110. The lowest BCUT2D eigenvalue weighted by molar-refractivity contribution is -0.384. The molecule has 0 saturated carbocycles. The van der Waals surface area contributed by atoms with Gasteiger partial charge in [-0.1, -0.05) is 19.1 Å². The standard InChI is InChI=1S/C14H15N3O4S/c1-2-10-3-5-11(6-4-10)16(22(20)21)14-9-12(17(18)19)7-8-13(14)15/h3-9H,2,15H2,1H3,(H,20,21). The van der Waals surface area contributed by atoms with Crippen LogP contribution in [0.5, 0.6) is 0 Å². The quantitative estimate of drug-likeness (QED) is 0.381. The molecule has 0 aromatic heterocycles. The van der Waals surface area contributed by atoms with E-state index in [2.05, 4.69) is 0 Å². The molecule has 3 N–H and O–H groups in total. The predicted octanol–water partition coefficient (Wildman–Crippen LogP) is 3.01. The van der Waals surface area contributed by atoms with Gasteiger partial charge in [0.2, 0.25) is 0 Å². The van der Waals surface area contributed by atoms with Crippen molar-refractivity contribution in [1.29, 1.82) is 0 Å². The molecule has 2 rings (SSSR count). The number of hydrogen-bond donors (Lipinski definition) is 2. The van der Waals surface area contributed by atoms with Crippen molar-refractivity contribution in [2.75, 3.05) is 10.0 Å². The van der Waals surface area contributed by atoms with Crippen molar-refractivity contribution >= 4 is 34.0 Å². The van der Waals surface area contributed by atoms with Gasteiger partial charge in [-0.25, -0.2) is 8.51 Å². The third kappa shape index (κ3) is 3.23. The average Bonchev–Trinajstić information content (AvgIpc) is 2.49. The molecule has 0 aliphatic carbocycles. The van der Waals surface area contributed by atoms with E-state index in [0.29, 0.717) is 5.69 Å². The number of rotatable bonds is 5. The Balaban J connectivity index is 2.54. The Morgan fingerprint density at radius 3 is 2.41 bits per heavy atom. The molecular weight excluding hydrogens is 306 g/mol. The number of non-ortho nitro benzene ring substituents is 1. The molecule has 0 saturated heterocycles. The van der Waals surface area contributed by atoms with Crippen LogP contribution in [0.1, 0.15) is 12.5 Å². The van der Waals surface area contributed by atoms with Crippen LogP contribution in [-0.4, -0.2) is 13.7 Å². The molecule has 2 aromatic carbocycles. The highest BCUT2D eigenvalue weighted by molar-refractivity contribution is 7.81. The van der Waals surface area contributed by atoms with Crippen LogP contribution < -0.4 is 10.0 Å². The Kier molecular flexibility index (Phi) is 4.74. The summed E-state index contributed by atoms with van der Waals surface area (Å²) in [7, 11) is 0. The van der Waals surface area contributed by atoms with Gasteiger partial charge in [0.15, 0.2) is 0 Å². The van der Waals surface area contributed by atoms with E-state index in [4.69, 9.17) is 5.73 Å². The third-order valence-corrected chi connectivity index (χ3v) is 3.90. The first-order chi connectivity index (χ1) is 10.4. The number of benzene rings is 2. The van der Waals surface area contributed by atoms with E-state index in [1.807, 2.05) is 19.1 Å². The molecule has 1 unspecified atom stereocenters. The van der Waals surface area contributed by atoms with Crippen LogP contribution in [-0.2, 0) is 17.7 Å². The summed E-state index contributed by atoms with van der Waals surface area (Å²) >= 11 is -2.41. The van der Waals surface area contributed by atoms with Gasteiger partial charge in [-0.2, -0.15) is 0 Å². The zero-order valence-electron chi connectivity index (χ0n) is 11.8. The average molecular weight is 321 g/mol. The number of nitro benzene ring substituents is 1. The molecular formula is C14H15N3O4S. The van der Waals surface area contributed by atoms with Crippen LogP contribution in [0.2, 0.25) is 0 Å². The van der Waals surface area contributed by atoms with Gasteiger partial charge >= 0.3 is 0 Å².